The summed E-state index contributed by atoms with van der Waals surface area (Å²) in [6, 6.07) is 4.38. The van der Waals surface area contributed by atoms with Crippen molar-refractivity contribution >= 4 is 18.3 Å². The third-order valence-electron chi connectivity index (χ3n) is 2.68. The molecule has 1 aliphatic carbocycles. The lowest BCUT2D eigenvalue weighted by molar-refractivity contribution is 0.0762. The molecule has 0 aromatic carbocycles. The Labute approximate surface area is 88.5 Å². The van der Waals surface area contributed by atoms with Crippen LogP contribution in [0.25, 0.3) is 0 Å². The Hall–Kier alpha value is -1.09. The summed E-state index contributed by atoms with van der Waals surface area (Å²) in [7, 11) is 0. The van der Waals surface area contributed by atoms with Gasteiger partial charge in [-0.2, -0.15) is 0 Å². The van der Waals surface area contributed by atoms with Crippen molar-refractivity contribution in [2.45, 2.75) is 25.4 Å². The summed E-state index contributed by atoms with van der Waals surface area (Å²) < 4.78 is 0. The van der Waals surface area contributed by atoms with Gasteiger partial charge in [0.2, 0.25) is 0 Å². The minimum Gasteiger partial charge on any atom is -0.330 e. The maximum absolute atomic E-state index is 11.7. The summed E-state index contributed by atoms with van der Waals surface area (Å²) in [4.78, 5) is 17.8. The second-order valence-corrected chi connectivity index (χ2v) is 3.68. The monoisotopic (exact) mass is 210 g/mol. The zero-order chi connectivity index (χ0) is 8.84. The predicted octanol–water partition coefficient (Wildman–Crippen LogP) is 1.62. The molecule has 1 saturated carbocycles. The molecule has 14 heavy (non-hydrogen) atoms. The van der Waals surface area contributed by atoms with E-state index in [0.29, 0.717) is 11.7 Å². The maximum atomic E-state index is 11.7. The van der Waals surface area contributed by atoms with Gasteiger partial charge in [0, 0.05) is 24.3 Å². The van der Waals surface area contributed by atoms with Crippen molar-refractivity contribution in [1.82, 2.24) is 9.88 Å². The Morgan fingerprint density at radius 3 is 2.86 bits per heavy atom. The van der Waals surface area contributed by atoms with Crippen LogP contribution in [0.3, 0.4) is 0 Å². The van der Waals surface area contributed by atoms with Crippen molar-refractivity contribution in [3.05, 3.63) is 29.6 Å². The van der Waals surface area contributed by atoms with Crippen LogP contribution in [0.15, 0.2) is 18.3 Å². The number of amides is 1. The molecule has 0 atom stereocenters. The third kappa shape index (κ3) is 1.28. The van der Waals surface area contributed by atoms with E-state index in [0.717, 1.165) is 12.1 Å². The van der Waals surface area contributed by atoms with Crippen molar-refractivity contribution in [2.24, 2.45) is 0 Å². The first-order chi connectivity index (χ1) is 6.36. The zero-order valence-corrected chi connectivity index (χ0v) is 8.46. The topological polar surface area (TPSA) is 33.2 Å². The van der Waals surface area contributed by atoms with E-state index >= 15 is 0 Å². The molecule has 0 radical (unpaired) electrons. The SMILES string of the molecule is Cl.O=C1c2ncccc2CN1C1CC1. The van der Waals surface area contributed by atoms with Crippen LogP contribution in [0.1, 0.15) is 28.9 Å². The van der Waals surface area contributed by atoms with Gasteiger partial charge in [-0.3, -0.25) is 9.78 Å². The average Bonchev–Trinajstić information content (AvgIpc) is 2.94. The number of pyridine rings is 1. The van der Waals surface area contributed by atoms with E-state index in [4.69, 9.17) is 0 Å². The number of carbonyl (C=O) groups excluding carboxylic acids is 1. The quantitative estimate of drug-likeness (QED) is 0.706. The highest BCUT2D eigenvalue weighted by Crippen LogP contribution is 2.33. The number of halogens is 1. The van der Waals surface area contributed by atoms with Crippen LogP contribution >= 0.6 is 12.4 Å². The van der Waals surface area contributed by atoms with Gasteiger partial charge in [-0.15, -0.1) is 12.4 Å². The van der Waals surface area contributed by atoms with Crippen LogP contribution in [-0.4, -0.2) is 21.8 Å². The number of hydrogen-bond acceptors (Lipinski definition) is 2. The molecule has 0 unspecified atom stereocenters. The van der Waals surface area contributed by atoms with Crippen LogP contribution < -0.4 is 0 Å². The minimum atomic E-state index is 0. The number of hydrogen-bond donors (Lipinski definition) is 0. The van der Waals surface area contributed by atoms with E-state index in [1.807, 2.05) is 17.0 Å². The Balaban J connectivity index is 0.000000750. The summed E-state index contributed by atoms with van der Waals surface area (Å²) in [5.74, 6) is 0.123. The third-order valence-corrected chi connectivity index (χ3v) is 2.68. The lowest BCUT2D eigenvalue weighted by Crippen LogP contribution is -2.26. The Bertz CT molecular complexity index is 376. The van der Waals surface area contributed by atoms with Gasteiger partial charge in [-0.1, -0.05) is 6.07 Å². The van der Waals surface area contributed by atoms with Gasteiger partial charge >= 0.3 is 0 Å². The average molecular weight is 211 g/mol. The number of carbonyl (C=O) groups is 1. The van der Waals surface area contributed by atoms with Gasteiger partial charge < -0.3 is 4.90 Å². The largest absolute Gasteiger partial charge is 0.330 e. The van der Waals surface area contributed by atoms with Crippen molar-refractivity contribution in [2.75, 3.05) is 0 Å². The number of aromatic nitrogens is 1. The van der Waals surface area contributed by atoms with Crippen molar-refractivity contribution < 1.29 is 4.79 Å². The number of fused-ring (bicyclic) bond motifs is 1. The Morgan fingerprint density at radius 1 is 1.43 bits per heavy atom. The number of nitrogens with zero attached hydrogens (tertiary/aromatic N) is 2. The fourth-order valence-corrected chi connectivity index (χ4v) is 1.83. The Kier molecular flexibility index (Phi) is 2.19. The van der Waals surface area contributed by atoms with Gasteiger partial charge in [0.25, 0.3) is 5.91 Å². The van der Waals surface area contributed by atoms with Crippen LogP contribution in [-0.2, 0) is 6.54 Å². The summed E-state index contributed by atoms with van der Waals surface area (Å²) in [6.07, 6.45) is 4.02. The molecule has 1 aliphatic heterocycles. The maximum Gasteiger partial charge on any atom is 0.273 e. The second-order valence-electron chi connectivity index (χ2n) is 3.68. The molecule has 0 N–H and O–H groups in total. The van der Waals surface area contributed by atoms with Gasteiger partial charge in [0.1, 0.15) is 5.69 Å². The molecule has 0 bridgehead atoms. The first-order valence-electron chi connectivity index (χ1n) is 4.61. The molecule has 2 aliphatic rings. The van der Waals surface area contributed by atoms with E-state index in [1.54, 1.807) is 6.20 Å². The van der Waals surface area contributed by atoms with Crippen molar-refractivity contribution in [3.8, 4) is 0 Å². The highest BCUT2D eigenvalue weighted by Gasteiger charge is 2.38. The van der Waals surface area contributed by atoms with Crippen molar-refractivity contribution in [3.63, 3.8) is 0 Å². The zero-order valence-electron chi connectivity index (χ0n) is 7.64. The smallest absolute Gasteiger partial charge is 0.273 e. The fraction of sp³-hybridized carbons (Fsp3) is 0.400. The van der Waals surface area contributed by atoms with Crippen molar-refractivity contribution in [1.29, 1.82) is 0 Å². The molecule has 3 nitrogen and oxygen atoms in total. The highest BCUT2D eigenvalue weighted by molar-refractivity contribution is 5.96. The number of rotatable bonds is 1. The molecular weight excluding hydrogens is 200 g/mol. The van der Waals surface area contributed by atoms with Gasteiger partial charge in [-0.25, -0.2) is 0 Å². The van der Waals surface area contributed by atoms with Gasteiger partial charge in [0.15, 0.2) is 0 Å². The molecule has 1 aromatic rings. The predicted molar refractivity (Wildman–Crippen MR) is 54.4 cm³/mol. The standard InChI is InChI=1S/C10H10N2O.ClH/c13-10-9-7(2-1-5-11-9)6-12(10)8-3-4-8;/h1-2,5,8H,3-4,6H2;1H. The highest BCUT2D eigenvalue weighted by atomic mass is 35.5. The molecule has 1 fully saturated rings. The Morgan fingerprint density at radius 2 is 2.21 bits per heavy atom. The summed E-state index contributed by atoms with van der Waals surface area (Å²) in [5, 5.41) is 0. The molecule has 0 saturated heterocycles. The summed E-state index contributed by atoms with van der Waals surface area (Å²) >= 11 is 0. The fourth-order valence-electron chi connectivity index (χ4n) is 1.83. The van der Waals surface area contributed by atoms with E-state index in [2.05, 4.69) is 4.98 Å². The van der Waals surface area contributed by atoms with Crippen LogP contribution in [0, 0.1) is 0 Å². The van der Waals surface area contributed by atoms with E-state index < -0.39 is 0 Å². The second kappa shape index (κ2) is 3.24. The molecule has 4 heteroatoms. The van der Waals surface area contributed by atoms with Crippen LogP contribution in [0.5, 0.6) is 0 Å². The first kappa shape index (κ1) is 9.46. The van der Waals surface area contributed by atoms with Gasteiger partial charge in [-0.05, 0) is 18.9 Å². The normalized spacial score (nSPS) is 19.1. The minimum absolute atomic E-state index is 0. The van der Waals surface area contributed by atoms with E-state index in [1.165, 1.54) is 12.8 Å². The van der Waals surface area contributed by atoms with E-state index in [-0.39, 0.29) is 18.3 Å². The van der Waals surface area contributed by atoms with Gasteiger partial charge in [0.05, 0.1) is 0 Å². The summed E-state index contributed by atoms with van der Waals surface area (Å²) in [5.41, 5.74) is 1.74. The van der Waals surface area contributed by atoms with Crippen LogP contribution in [0.4, 0.5) is 0 Å². The molecule has 1 amide bonds. The van der Waals surface area contributed by atoms with E-state index in [9.17, 15) is 4.79 Å². The molecule has 0 spiro atoms. The molecule has 74 valence electrons. The molecular formula is C10H11ClN2O. The first-order valence-corrected chi connectivity index (χ1v) is 4.61. The lowest BCUT2D eigenvalue weighted by atomic mass is 10.2. The molecule has 2 heterocycles. The molecule has 3 rings (SSSR count). The summed E-state index contributed by atoms with van der Waals surface area (Å²) in [6.45, 7) is 0.771. The van der Waals surface area contributed by atoms with Crippen LogP contribution in [0.2, 0.25) is 0 Å². The lowest BCUT2D eigenvalue weighted by Gasteiger charge is -2.12. The molecule has 1 aromatic heterocycles.